The minimum atomic E-state index is -3.28. The van der Waals surface area contributed by atoms with Crippen LogP contribution in [0.25, 0.3) is 10.2 Å². The van der Waals surface area contributed by atoms with Crippen molar-refractivity contribution >= 4 is 42.4 Å². The Hall–Kier alpha value is -2.45. The van der Waals surface area contributed by atoms with Gasteiger partial charge in [0.1, 0.15) is 5.75 Å². The van der Waals surface area contributed by atoms with Gasteiger partial charge in [-0.15, -0.1) is 0 Å². The summed E-state index contributed by atoms with van der Waals surface area (Å²) in [5, 5.41) is 3.07. The van der Waals surface area contributed by atoms with E-state index in [4.69, 9.17) is 4.74 Å². The van der Waals surface area contributed by atoms with E-state index in [2.05, 4.69) is 10.3 Å². The molecular weight excluding hydrogens is 360 g/mol. The maximum Gasteiger partial charge on any atom is 0.264 e. The molecule has 0 aliphatic heterocycles. The first-order valence-corrected chi connectivity index (χ1v) is 10.1. The maximum absolute atomic E-state index is 12.0. The molecule has 0 aliphatic rings. The minimum Gasteiger partial charge on any atom is -0.484 e. The lowest BCUT2D eigenvalue weighted by molar-refractivity contribution is -0.118. The Morgan fingerprint density at radius 1 is 1.24 bits per heavy atom. The Balaban J connectivity index is 1.69. The second-order valence-electron chi connectivity index (χ2n) is 5.57. The van der Waals surface area contributed by atoms with Crippen LogP contribution in [-0.2, 0) is 14.6 Å². The van der Waals surface area contributed by atoms with Crippen molar-refractivity contribution in [3.05, 3.63) is 48.0 Å². The van der Waals surface area contributed by atoms with Crippen LogP contribution in [0.4, 0.5) is 5.13 Å². The van der Waals surface area contributed by atoms with Crippen LogP contribution in [0, 0.1) is 6.92 Å². The molecule has 1 amide bonds. The van der Waals surface area contributed by atoms with Crippen molar-refractivity contribution in [1.82, 2.24) is 4.98 Å². The molecule has 1 heterocycles. The van der Waals surface area contributed by atoms with Gasteiger partial charge in [-0.25, -0.2) is 13.4 Å². The third kappa shape index (κ3) is 4.34. The zero-order valence-electron chi connectivity index (χ0n) is 13.6. The van der Waals surface area contributed by atoms with Crippen molar-refractivity contribution in [2.24, 2.45) is 0 Å². The smallest absolute Gasteiger partial charge is 0.264 e. The molecule has 0 spiro atoms. The van der Waals surface area contributed by atoms with Crippen molar-refractivity contribution in [2.75, 3.05) is 18.2 Å². The second-order valence-corrected chi connectivity index (χ2v) is 8.62. The first kappa shape index (κ1) is 17.4. The number of nitrogens with one attached hydrogen (secondary N) is 1. The number of aromatic nitrogens is 1. The number of sulfone groups is 1. The molecule has 8 heteroatoms. The van der Waals surface area contributed by atoms with Crippen molar-refractivity contribution < 1.29 is 17.9 Å². The molecule has 0 aliphatic carbocycles. The van der Waals surface area contributed by atoms with Gasteiger partial charge >= 0.3 is 0 Å². The zero-order chi connectivity index (χ0) is 18.0. The first-order chi connectivity index (χ1) is 11.8. The lowest BCUT2D eigenvalue weighted by atomic mass is 10.2. The highest BCUT2D eigenvalue weighted by Gasteiger charge is 2.12. The van der Waals surface area contributed by atoms with E-state index in [-0.39, 0.29) is 17.4 Å². The number of hydrogen-bond acceptors (Lipinski definition) is 6. The van der Waals surface area contributed by atoms with E-state index in [1.54, 1.807) is 18.2 Å². The molecule has 0 bridgehead atoms. The van der Waals surface area contributed by atoms with E-state index < -0.39 is 9.84 Å². The van der Waals surface area contributed by atoms with Crippen molar-refractivity contribution in [2.45, 2.75) is 11.8 Å². The van der Waals surface area contributed by atoms with E-state index in [9.17, 15) is 13.2 Å². The lowest BCUT2D eigenvalue weighted by Crippen LogP contribution is -2.20. The Morgan fingerprint density at radius 2 is 2.04 bits per heavy atom. The molecule has 0 unspecified atom stereocenters. The highest BCUT2D eigenvalue weighted by Crippen LogP contribution is 2.28. The van der Waals surface area contributed by atoms with Crippen LogP contribution in [0.1, 0.15) is 5.56 Å². The summed E-state index contributed by atoms with van der Waals surface area (Å²) in [4.78, 5) is 16.5. The summed E-state index contributed by atoms with van der Waals surface area (Å²) < 4.78 is 29.3. The minimum absolute atomic E-state index is 0.131. The fraction of sp³-hybridized carbons (Fsp3) is 0.176. The summed E-state index contributed by atoms with van der Waals surface area (Å²) in [6.07, 6.45) is 1.15. The predicted octanol–water partition coefficient (Wildman–Crippen LogP) is 3.03. The summed E-state index contributed by atoms with van der Waals surface area (Å²) in [6.45, 7) is 1.81. The maximum atomic E-state index is 12.0. The highest BCUT2D eigenvalue weighted by molar-refractivity contribution is 7.90. The molecule has 0 atom stereocenters. The number of nitrogens with zero attached hydrogens (tertiary/aromatic N) is 1. The van der Waals surface area contributed by atoms with E-state index in [1.807, 2.05) is 25.1 Å². The van der Waals surface area contributed by atoms with E-state index in [0.717, 1.165) is 11.8 Å². The van der Waals surface area contributed by atoms with Crippen LogP contribution in [-0.4, -0.2) is 32.2 Å². The SMILES string of the molecule is Cc1cccc(OCC(=O)Nc2nc3ccc(S(C)(=O)=O)cc3s2)c1. The van der Waals surface area contributed by atoms with Gasteiger partial charge in [-0.2, -0.15) is 0 Å². The Kier molecular flexibility index (Phi) is 4.73. The Labute approximate surface area is 149 Å². The monoisotopic (exact) mass is 376 g/mol. The van der Waals surface area contributed by atoms with Crippen LogP contribution in [0.5, 0.6) is 5.75 Å². The van der Waals surface area contributed by atoms with Gasteiger partial charge in [0, 0.05) is 6.26 Å². The molecule has 2 aromatic carbocycles. The molecule has 130 valence electrons. The summed E-state index contributed by atoms with van der Waals surface area (Å²) in [7, 11) is -3.28. The average Bonchev–Trinajstić information content (AvgIpc) is 2.93. The number of fused-ring (bicyclic) bond motifs is 1. The average molecular weight is 376 g/mol. The van der Waals surface area contributed by atoms with Gasteiger partial charge in [0.05, 0.1) is 15.1 Å². The number of carbonyl (C=O) groups excluding carboxylic acids is 1. The number of amides is 1. The first-order valence-electron chi connectivity index (χ1n) is 7.41. The predicted molar refractivity (Wildman–Crippen MR) is 98.0 cm³/mol. The van der Waals surface area contributed by atoms with Crippen LogP contribution >= 0.6 is 11.3 Å². The zero-order valence-corrected chi connectivity index (χ0v) is 15.3. The fourth-order valence-corrected chi connectivity index (χ4v) is 3.84. The fourth-order valence-electron chi connectivity index (χ4n) is 2.20. The van der Waals surface area contributed by atoms with Gasteiger partial charge < -0.3 is 4.74 Å². The van der Waals surface area contributed by atoms with E-state index in [1.165, 1.54) is 17.4 Å². The molecule has 0 radical (unpaired) electrons. The topological polar surface area (TPSA) is 85.4 Å². The molecule has 0 saturated heterocycles. The molecule has 0 saturated carbocycles. The molecule has 1 aromatic heterocycles. The number of thiazole rings is 1. The third-order valence-electron chi connectivity index (χ3n) is 3.39. The van der Waals surface area contributed by atoms with Crippen LogP contribution in [0.15, 0.2) is 47.4 Å². The largest absolute Gasteiger partial charge is 0.484 e. The van der Waals surface area contributed by atoms with Gasteiger partial charge in [0.25, 0.3) is 5.91 Å². The highest BCUT2D eigenvalue weighted by atomic mass is 32.2. The molecule has 25 heavy (non-hydrogen) atoms. The normalized spacial score (nSPS) is 11.4. The van der Waals surface area contributed by atoms with Gasteiger partial charge in [0.15, 0.2) is 21.6 Å². The van der Waals surface area contributed by atoms with Gasteiger partial charge in [-0.05, 0) is 42.8 Å². The van der Waals surface area contributed by atoms with Crippen LogP contribution < -0.4 is 10.1 Å². The number of aryl methyl sites for hydroxylation is 1. The standard InChI is InChI=1S/C17H16N2O4S2/c1-11-4-3-5-12(8-11)23-10-16(20)19-17-18-14-7-6-13(25(2,21)22)9-15(14)24-17/h3-9H,10H2,1-2H3,(H,18,19,20). The molecule has 3 aromatic rings. The van der Waals surface area contributed by atoms with Gasteiger partial charge in [-0.3, -0.25) is 10.1 Å². The molecule has 6 nitrogen and oxygen atoms in total. The summed E-state index contributed by atoms with van der Waals surface area (Å²) in [6, 6.07) is 12.1. The quantitative estimate of drug-likeness (QED) is 0.740. The van der Waals surface area contributed by atoms with E-state index in [0.29, 0.717) is 21.1 Å². The number of ether oxygens (including phenoxy) is 1. The number of benzene rings is 2. The second kappa shape index (κ2) is 6.81. The van der Waals surface area contributed by atoms with Crippen molar-refractivity contribution in [3.63, 3.8) is 0 Å². The molecule has 3 rings (SSSR count). The summed E-state index contributed by atoms with van der Waals surface area (Å²) >= 11 is 1.22. The number of hydrogen-bond donors (Lipinski definition) is 1. The number of rotatable bonds is 5. The Bertz CT molecular complexity index is 1040. The van der Waals surface area contributed by atoms with Crippen LogP contribution in [0.3, 0.4) is 0 Å². The van der Waals surface area contributed by atoms with Gasteiger partial charge in [-0.1, -0.05) is 23.5 Å². The van der Waals surface area contributed by atoms with E-state index >= 15 is 0 Å². The number of anilines is 1. The number of carbonyl (C=O) groups is 1. The van der Waals surface area contributed by atoms with Crippen molar-refractivity contribution in [1.29, 1.82) is 0 Å². The molecular formula is C17H16N2O4S2. The van der Waals surface area contributed by atoms with Crippen molar-refractivity contribution in [3.8, 4) is 5.75 Å². The van der Waals surface area contributed by atoms with Gasteiger partial charge in [0.2, 0.25) is 0 Å². The third-order valence-corrected chi connectivity index (χ3v) is 5.44. The van der Waals surface area contributed by atoms with Crippen LogP contribution in [0.2, 0.25) is 0 Å². The lowest BCUT2D eigenvalue weighted by Gasteiger charge is -2.06. The summed E-state index contributed by atoms with van der Waals surface area (Å²) in [5.41, 5.74) is 1.68. The Morgan fingerprint density at radius 3 is 2.76 bits per heavy atom. The molecule has 0 fully saturated rings. The summed E-state index contributed by atoms with van der Waals surface area (Å²) in [5.74, 6) is 0.293. The molecule has 1 N–H and O–H groups in total.